The number of aromatic nitrogens is 16. The van der Waals surface area contributed by atoms with Crippen LogP contribution >= 0.6 is 10.7 Å². The van der Waals surface area contributed by atoms with Crippen LogP contribution in [0.5, 0.6) is 0 Å². The number of esters is 3. The molecule has 0 amide bonds. The molecule has 0 fully saturated rings. The number of imidazole rings is 2. The third-order valence-electron chi connectivity index (χ3n) is 9.35. The summed E-state index contributed by atoms with van der Waals surface area (Å²) in [4.78, 5) is 108. The minimum atomic E-state index is -3.43. The number of nitrogens with zero attached hydrogens (tertiary/aromatic N) is 15. The molecule has 8 aromatic rings. The Balaban J connectivity index is 0. The minimum absolute atomic E-state index is 0. The van der Waals surface area contributed by atoms with Crippen LogP contribution in [0.4, 0.5) is 0 Å². The first-order valence-corrected chi connectivity index (χ1v) is 27.6. The number of fused-ring (bicyclic) bond motifs is 2. The van der Waals surface area contributed by atoms with E-state index in [1.165, 1.54) is 59.2 Å². The first-order valence-electron chi connectivity index (χ1n) is 23.1. The van der Waals surface area contributed by atoms with Gasteiger partial charge in [-0.3, -0.25) is 32.5 Å². The molecule has 0 spiro atoms. The van der Waals surface area contributed by atoms with Crippen molar-refractivity contribution in [1.29, 1.82) is 0 Å². The van der Waals surface area contributed by atoms with Crippen LogP contribution in [0.2, 0.25) is 0 Å². The number of aromatic amines is 1. The van der Waals surface area contributed by atoms with Crippen molar-refractivity contribution in [2.24, 2.45) is 14.1 Å². The van der Waals surface area contributed by atoms with Crippen LogP contribution in [0.15, 0.2) is 49.9 Å². The zero-order chi connectivity index (χ0) is 62.4. The van der Waals surface area contributed by atoms with Gasteiger partial charge in [0.15, 0.2) is 39.8 Å². The van der Waals surface area contributed by atoms with Crippen molar-refractivity contribution in [3.63, 3.8) is 0 Å². The van der Waals surface area contributed by atoms with Gasteiger partial charge in [0.2, 0.25) is 32.6 Å². The Bertz CT molecular complexity index is 3880. The number of aliphatic hydroxyl groups excluding tert-OH is 2. The minimum Gasteiger partial charge on any atom is -1.00 e. The fourth-order valence-corrected chi connectivity index (χ4v) is 6.15. The molecule has 0 aliphatic rings. The van der Waals surface area contributed by atoms with E-state index in [-0.39, 0.29) is 106 Å². The van der Waals surface area contributed by atoms with Gasteiger partial charge in [-0.05, 0) is 32.9 Å². The molecule has 3 radical (unpaired) electrons. The number of hydrogen-bond donors (Lipinski definition) is 3. The van der Waals surface area contributed by atoms with Gasteiger partial charge in [-0.25, -0.2) is 42.4 Å². The van der Waals surface area contributed by atoms with E-state index in [1.807, 2.05) is 0 Å². The third-order valence-corrected chi connectivity index (χ3v) is 9.89. The number of ether oxygens (including phenoxy) is 3. The quantitative estimate of drug-likeness (QED) is 0.0343. The monoisotopic (exact) mass is 1260 g/mol. The van der Waals surface area contributed by atoms with Gasteiger partial charge < -0.3 is 53.1 Å². The number of methoxy groups -OCH3 is 2. The van der Waals surface area contributed by atoms with Crippen molar-refractivity contribution >= 4 is 78.5 Å². The van der Waals surface area contributed by atoms with Gasteiger partial charge in [0.1, 0.15) is 25.3 Å². The molecule has 0 bridgehead atoms. The van der Waals surface area contributed by atoms with Gasteiger partial charge in [-0.2, -0.15) is 28.4 Å². The molecular weight excluding hydrogens is 1200 g/mol. The predicted octanol–water partition coefficient (Wildman–Crippen LogP) is -4.27. The van der Waals surface area contributed by atoms with Crippen LogP contribution in [0.1, 0.15) is 92.9 Å². The van der Waals surface area contributed by atoms with Gasteiger partial charge in [0.05, 0.1) is 52.5 Å². The fraction of sp³-hybridized carbons (Fsp3) is 0.500. The Morgan fingerprint density at radius 1 is 0.714 bits per heavy atom. The first kappa shape index (κ1) is 76.4. The topological polar surface area (TPSA) is 487 Å². The Kier molecular flexibility index (Phi) is 32.3. The molecule has 37 nitrogen and oxygen atoms in total. The van der Waals surface area contributed by atoms with E-state index in [9.17, 15) is 50.4 Å². The number of hydrogen-bond acceptors (Lipinski definition) is 31. The van der Waals surface area contributed by atoms with Crippen molar-refractivity contribution < 1.29 is 109 Å². The summed E-state index contributed by atoms with van der Waals surface area (Å²) < 4.78 is 82.9. The van der Waals surface area contributed by atoms with Crippen molar-refractivity contribution in [2.75, 3.05) is 39.9 Å². The van der Waals surface area contributed by atoms with Crippen molar-refractivity contribution in [3.05, 3.63) is 101 Å². The summed E-state index contributed by atoms with van der Waals surface area (Å²) in [5, 5.41) is 29.8. The van der Waals surface area contributed by atoms with Crippen LogP contribution in [-0.2, 0) is 81.0 Å². The molecule has 2 atom stereocenters. The smallest absolute Gasteiger partial charge is 1.00 e. The molecule has 0 aliphatic heterocycles. The van der Waals surface area contributed by atoms with Crippen LogP contribution < -0.4 is 52.1 Å². The second-order valence-corrected chi connectivity index (χ2v) is 20.5. The molecule has 8 aromatic heterocycles. The molecule has 8 rings (SSSR count). The molecular formula is C42H60BClN16NaO21S2. The SMILES string of the molecule is CCO.CCOC(=O)c1noc(C)n1.COC(=O)[C@H](C)n1cnc2c1c(=O)[nH]c(=O)n2C.COC(=O)[C@H](C)n1cnc2c1c(=O)n(Cc1noc(C)n1)c(=O)n2C.CS(=O)(=O)Cl.Cc1nc(CO)no1.Cc1nc(COS(C)(=O)=O)no1.[B].[H-].[Na+]. The van der Waals surface area contributed by atoms with E-state index in [1.54, 1.807) is 55.4 Å². The van der Waals surface area contributed by atoms with Gasteiger partial charge in [0.25, 0.3) is 27.1 Å². The summed E-state index contributed by atoms with van der Waals surface area (Å²) in [6.45, 7) is 13.1. The summed E-state index contributed by atoms with van der Waals surface area (Å²) in [7, 11) is 3.36. The number of nitrogens with one attached hydrogen (secondary N) is 1. The molecule has 0 saturated heterocycles. The van der Waals surface area contributed by atoms with Crippen molar-refractivity contribution in [3.8, 4) is 0 Å². The molecule has 0 unspecified atom stereocenters. The first-order chi connectivity index (χ1) is 38.3. The van der Waals surface area contributed by atoms with Crippen LogP contribution in [-0.4, -0.2) is 172 Å². The standard InChI is InChI=1S/C14H16N6O5.C10H12N4O4.C6H8N2O3.C5H8N2O4S.C4H6N2O2.C2H6O.CH3ClO2S.B.Na.H/c1-7(13(22)24-4)20-6-15-11-10(20)12(21)19(14(23)18(11)3)5-9-16-8(2)25-17-9;1-5(9(16)18-3)14-4-11-7-6(14)8(15)12-10(17)13(7)2;1-3-10-6(9)5-7-4(2)11-8-5;1-4-6-5(7-11-4)3-10-12(2,8)9;1-3-5-4(2-7)6-8-3;1-2-3;1-5(2,3)4;;;/h6-7H,5H2,1-4H3;4-5H,1-3H3,(H,12,15,17);3H2,1-2H3;3H2,1-2H3;7H,2H2,1H3;3H,2H2,1H3;1H3;;;/q;;;;;;;;+1;-1/t7-;5-;;;;;;;;/m00......../s1. The fourth-order valence-electron chi connectivity index (χ4n) is 5.83. The van der Waals surface area contributed by atoms with E-state index in [0.717, 1.165) is 17.1 Å². The molecule has 457 valence electrons. The summed E-state index contributed by atoms with van der Waals surface area (Å²) >= 11 is 0. The number of halogens is 1. The molecule has 0 saturated carbocycles. The summed E-state index contributed by atoms with van der Waals surface area (Å²) in [5.74, 6) is 0.683. The number of aryl methyl sites for hydroxylation is 6. The Morgan fingerprint density at radius 2 is 1.13 bits per heavy atom. The van der Waals surface area contributed by atoms with Gasteiger partial charge in [-0.15, -0.1) is 0 Å². The number of carbonyl (C=O) groups excluding carboxylic acids is 3. The van der Waals surface area contributed by atoms with E-state index < -0.39 is 71.7 Å². The Hall–Kier alpha value is -7.60. The summed E-state index contributed by atoms with van der Waals surface area (Å²) in [5.41, 5.74) is -1.64. The van der Waals surface area contributed by atoms with Gasteiger partial charge >= 0.3 is 58.8 Å². The van der Waals surface area contributed by atoms with Crippen molar-refractivity contribution in [2.45, 2.75) is 87.2 Å². The molecule has 8 heterocycles. The average molecular weight is 1260 g/mol. The summed E-state index contributed by atoms with van der Waals surface area (Å²) in [6, 6.07) is -1.47. The number of carbonyl (C=O) groups is 3. The largest absolute Gasteiger partial charge is 1.00 e. The Morgan fingerprint density at radius 3 is 1.51 bits per heavy atom. The predicted molar refractivity (Wildman–Crippen MR) is 285 cm³/mol. The maximum Gasteiger partial charge on any atom is 1.00 e. The zero-order valence-electron chi connectivity index (χ0n) is 49.0. The van der Waals surface area contributed by atoms with Crippen LogP contribution in [0.3, 0.4) is 0 Å². The Labute approximate surface area is 505 Å². The zero-order valence-corrected chi connectivity index (χ0v) is 52.4. The van der Waals surface area contributed by atoms with E-state index in [4.69, 9.17) is 19.5 Å². The van der Waals surface area contributed by atoms with E-state index in [0.29, 0.717) is 36.0 Å². The maximum absolute atomic E-state index is 12.9. The molecule has 0 aromatic carbocycles. The van der Waals surface area contributed by atoms with Gasteiger partial charge in [0, 0.05) is 67.5 Å². The third kappa shape index (κ3) is 23.9. The van der Waals surface area contributed by atoms with Crippen LogP contribution in [0, 0.1) is 27.7 Å². The molecule has 42 heteroatoms. The number of H-pyrrole nitrogens is 1. The van der Waals surface area contributed by atoms with E-state index >= 15 is 0 Å². The number of rotatable bonds is 12. The number of aliphatic hydroxyl groups is 2. The average Bonchev–Trinajstić information content (AvgIpc) is 3.00. The molecule has 84 heavy (non-hydrogen) atoms. The normalized spacial score (nSPS) is 11.2. The second-order valence-electron chi connectivity index (χ2n) is 15.8. The van der Waals surface area contributed by atoms with Gasteiger partial charge in [-0.1, -0.05) is 15.5 Å². The molecule has 0 aliphatic carbocycles. The maximum atomic E-state index is 12.9. The van der Waals surface area contributed by atoms with Crippen LogP contribution in [0.25, 0.3) is 22.3 Å². The molecule has 3 N–H and O–H groups in total. The second kappa shape index (κ2) is 35.5. The van der Waals surface area contributed by atoms with Crippen molar-refractivity contribution in [1.82, 2.24) is 78.4 Å². The van der Waals surface area contributed by atoms with E-state index in [2.05, 4.69) is 93.4 Å². The summed E-state index contributed by atoms with van der Waals surface area (Å²) in [6.07, 6.45) is 4.55.